The van der Waals surface area contributed by atoms with E-state index in [4.69, 9.17) is 14.5 Å². The zero-order chi connectivity index (χ0) is 21.2. The van der Waals surface area contributed by atoms with Crippen molar-refractivity contribution >= 4 is 35.6 Å². The molecule has 3 rings (SSSR count). The first-order chi connectivity index (χ1) is 14.7. The Labute approximate surface area is 199 Å². The molecule has 0 fully saturated rings. The van der Waals surface area contributed by atoms with Crippen molar-refractivity contribution in [1.29, 1.82) is 0 Å². The Morgan fingerprint density at radius 3 is 2.77 bits per heavy atom. The maximum absolute atomic E-state index is 10.8. The van der Waals surface area contributed by atoms with Crippen molar-refractivity contribution in [2.24, 2.45) is 4.99 Å². The summed E-state index contributed by atoms with van der Waals surface area (Å²) in [5.74, 6) is 1.60. The highest BCUT2D eigenvalue weighted by Crippen LogP contribution is 2.31. The number of ether oxygens (including phenoxy) is 2. The molecular weight excluding hydrogens is 511 g/mol. The molecule has 0 saturated heterocycles. The Morgan fingerprint density at radius 1 is 1.26 bits per heavy atom. The molecule has 2 aromatic rings. The molecule has 9 heteroatoms. The lowest BCUT2D eigenvalue weighted by atomic mass is 10.0. The lowest BCUT2D eigenvalue weighted by Gasteiger charge is -2.28. The second-order valence-electron chi connectivity index (χ2n) is 6.94. The average molecular weight is 540 g/mol. The maximum Gasteiger partial charge on any atom is 0.269 e. The third-order valence-corrected chi connectivity index (χ3v) is 4.80. The molecule has 168 valence electrons. The summed E-state index contributed by atoms with van der Waals surface area (Å²) in [6.45, 7) is 5.18. The highest BCUT2D eigenvalue weighted by Gasteiger charge is 2.21. The van der Waals surface area contributed by atoms with Crippen LogP contribution in [0.3, 0.4) is 0 Å². The van der Waals surface area contributed by atoms with Gasteiger partial charge in [0.05, 0.1) is 24.1 Å². The Balaban J connectivity index is 0.00000341. The number of nitrogens with zero attached hydrogens (tertiary/aromatic N) is 2. The van der Waals surface area contributed by atoms with Gasteiger partial charge in [-0.05, 0) is 25.0 Å². The van der Waals surface area contributed by atoms with Crippen molar-refractivity contribution in [2.45, 2.75) is 32.4 Å². The van der Waals surface area contributed by atoms with Crippen molar-refractivity contribution in [1.82, 2.24) is 10.6 Å². The minimum atomic E-state index is -0.400. The number of guanidine groups is 1. The van der Waals surface area contributed by atoms with Gasteiger partial charge in [0.1, 0.15) is 5.75 Å². The van der Waals surface area contributed by atoms with Gasteiger partial charge in [-0.15, -0.1) is 24.0 Å². The topological polar surface area (TPSA) is 98.0 Å². The van der Waals surface area contributed by atoms with E-state index >= 15 is 0 Å². The van der Waals surface area contributed by atoms with E-state index in [1.165, 1.54) is 12.1 Å². The molecule has 8 nitrogen and oxygen atoms in total. The lowest BCUT2D eigenvalue weighted by molar-refractivity contribution is -0.384. The smallest absolute Gasteiger partial charge is 0.269 e. The van der Waals surface area contributed by atoms with Crippen LogP contribution in [0.4, 0.5) is 5.69 Å². The maximum atomic E-state index is 10.8. The SMILES string of the molecule is CCOCCCNC(=NCc1ccc([N+](=O)[O-])cc1)NC1CCOc2ccccc21.I. The van der Waals surface area contributed by atoms with Crippen LogP contribution in [-0.2, 0) is 11.3 Å². The summed E-state index contributed by atoms with van der Waals surface area (Å²) in [7, 11) is 0. The van der Waals surface area contributed by atoms with Gasteiger partial charge in [-0.1, -0.05) is 30.3 Å². The van der Waals surface area contributed by atoms with Gasteiger partial charge < -0.3 is 20.1 Å². The van der Waals surface area contributed by atoms with E-state index in [1.54, 1.807) is 12.1 Å². The Bertz CT molecular complexity index is 861. The number of hydrogen-bond donors (Lipinski definition) is 2. The number of nitro benzene ring substituents is 1. The van der Waals surface area contributed by atoms with E-state index in [1.807, 2.05) is 25.1 Å². The van der Waals surface area contributed by atoms with Crippen LogP contribution in [0.5, 0.6) is 5.75 Å². The number of nitro groups is 1. The van der Waals surface area contributed by atoms with Crippen molar-refractivity contribution in [3.63, 3.8) is 0 Å². The molecular formula is C22H29IN4O4. The monoisotopic (exact) mass is 540 g/mol. The number of aliphatic imine (C=N–C) groups is 1. The van der Waals surface area contributed by atoms with Crippen molar-refractivity contribution in [3.8, 4) is 5.75 Å². The minimum Gasteiger partial charge on any atom is -0.493 e. The Hall–Kier alpha value is -2.40. The summed E-state index contributed by atoms with van der Waals surface area (Å²) in [5, 5.41) is 17.7. The van der Waals surface area contributed by atoms with E-state index in [2.05, 4.69) is 16.7 Å². The molecule has 0 spiro atoms. The Kier molecular flexibility index (Phi) is 10.5. The first-order valence-electron chi connectivity index (χ1n) is 10.2. The number of para-hydroxylation sites is 1. The van der Waals surface area contributed by atoms with E-state index in [9.17, 15) is 10.1 Å². The molecule has 0 aliphatic carbocycles. The van der Waals surface area contributed by atoms with Gasteiger partial charge in [-0.3, -0.25) is 10.1 Å². The lowest BCUT2D eigenvalue weighted by Crippen LogP contribution is -2.41. The molecule has 1 atom stereocenters. The minimum absolute atomic E-state index is 0. The van der Waals surface area contributed by atoms with Gasteiger partial charge in [0, 0.05) is 43.9 Å². The molecule has 0 aromatic heterocycles. The highest BCUT2D eigenvalue weighted by atomic mass is 127. The van der Waals surface area contributed by atoms with Crippen LogP contribution in [0.15, 0.2) is 53.5 Å². The van der Waals surface area contributed by atoms with E-state index < -0.39 is 4.92 Å². The first kappa shape index (κ1) is 24.9. The number of fused-ring (bicyclic) bond motifs is 1. The molecule has 1 aliphatic heterocycles. The van der Waals surface area contributed by atoms with Crippen LogP contribution in [0, 0.1) is 10.1 Å². The standard InChI is InChI=1S/C22H28N4O4.HI/c1-2-29-14-5-13-23-22(24-16-17-8-10-18(11-9-17)26(27)28)25-20-12-15-30-21-7-4-3-6-19(20)21;/h3-4,6-11,20H,2,5,12-16H2,1H3,(H2,23,24,25);1H. The quantitative estimate of drug-likeness (QED) is 0.124. The van der Waals surface area contributed by atoms with Gasteiger partial charge >= 0.3 is 0 Å². The number of nitrogens with one attached hydrogen (secondary N) is 2. The third kappa shape index (κ3) is 7.66. The number of hydrogen-bond acceptors (Lipinski definition) is 5. The fourth-order valence-electron chi connectivity index (χ4n) is 3.23. The predicted octanol–water partition coefficient (Wildman–Crippen LogP) is 4.20. The van der Waals surface area contributed by atoms with E-state index in [-0.39, 0.29) is 35.7 Å². The molecule has 1 heterocycles. The second-order valence-corrected chi connectivity index (χ2v) is 6.94. The normalized spacial score (nSPS) is 15.3. The van der Waals surface area contributed by atoms with Crippen LogP contribution in [0.2, 0.25) is 0 Å². The fraction of sp³-hybridized carbons (Fsp3) is 0.409. The molecule has 2 aromatic carbocycles. The molecule has 0 radical (unpaired) electrons. The summed E-state index contributed by atoms with van der Waals surface area (Å²) in [5.41, 5.74) is 2.10. The van der Waals surface area contributed by atoms with Gasteiger partial charge in [0.25, 0.3) is 5.69 Å². The number of rotatable bonds is 9. The number of benzene rings is 2. The van der Waals surface area contributed by atoms with E-state index in [0.717, 1.165) is 36.3 Å². The van der Waals surface area contributed by atoms with Crippen LogP contribution < -0.4 is 15.4 Å². The number of halogens is 1. The molecule has 1 unspecified atom stereocenters. The average Bonchev–Trinajstić information content (AvgIpc) is 2.77. The molecule has 0 bridgehead atoms. The second kappa shape index (κ2) is 13.1. The van der Waals surface area contributed by atoms with Crippen molar-refractivity contribution in [3.05, 3.63) is 69.8 Å². The van der Waals surface area contributed by atoms with Gasteiger partial charge in [-0.2, -0.15) is 0 Å². The highest BCUT2D eigenvalue weighted by molar-refractivity contribution is 14.0. The van der Waals surface area contributed by atoms with Gasteiger partial charge in [0.2, 0.25) is 0 Å². The predicted molar refractivity (Wildman–Crippen MR) is 131 cm³/mol. The summed E-state index contributed by atoms with van der Waals surface area (Å²) in [4.78, 5) is 15.1. The summed E-state index contributed by atoms with van der Waals surface area (Å²) in [6.07, 6.45) is 1.71. The van der Waals surface area contributed by atoms with E-state index in [0.29, 0.717) is 32.3 Å². The van der Waals surface area contributed by atoms with Crippen LogP contribution in [0.1, 0.15) is 36.9 Å². The summed E-state index contributed by atoms with van der Waals surface area (Å²) in [6, 6.07) is 14.6. The number of non-ortho nitro benzene ring substituents is 1. The Morgan fingerprint density at radius 2 is 2.03 bits per heavy atom. The van der Waals surface area contributed by atoms with Gasteiger partial charge in [-0.25, -0.2) is 4.99 Å². The molecule has 1 aliphatic rings. The summed E-state index contributed by atoms with van der Waals surface area (Å²) < 4.78 is 11.1. The van der Waals surface area contributed by atoms with Crippen LogP contribution >= 0.6 is 24.0 Å². The molecule has 0 amide bonds. The van der Waals surface area contributed by atoms with Crippen LogP contribution in [-0.4, -0.2) is 37.2 Å². The molecule has 0 saturated carbocycles. The largest absolute Gasteiger partial charge is 0.493 e. The van der Waals surface area contributed by atoms with Crippen LogP contribution in [0.25, 0.3) is 0 Å². The first-order valence-corrected chi connectivity index (χ1v) is 10.2. The fourth-order valence-corrected chi connectivity index (χ4v) is 3.23. The molecule has 2 N–H and O–H groups in total. The summed E-state index contributed by atoms with van der Waals surface area (Å²) >= 11 is 0. The molecule has 31 heavy (non-hydrogen) atoms. The zero-order valence-electron chi connectivity index (χ0n) is 17.6. The zero-order valence-corrected chi connectivity index (χ0v) is 19.9. The van der Waals surface area contributed by atoms with Crippen molar-refractivity contribution < 1.29 is 14.4 Å². The third-order valence-electron chi connectivity index (χ3n) is 4.80. The van der Waals surface area contributed by atoms with Crippen molar-refractivity contribution in [2.75, 3.05) is 26.4 Å². The van der Waals surface area contributed by atoms with Gasteiger partial charge in [0.15, 0.2) is 5.96 Å².